The van der Waals surface area contributed by atoms with E-state index in [1.165, 1.54) is 5.56 Å². The lowest BCUT2D eigenvalue weighted by molar-refractivity contribution is -0.138. The third kappa shape index (κ3) is 5.40. The number of hydrogen-bond acceptors (Lipinski definition) is 3. The maximum Gasteiger partial charge on any atom is 0.230 e. The van der Waals surface area contributed by atoms with Gasteiger partial charge in [-0.05, 0) is 18.4 Å². The van der Waals surface area contributed by atoms with Crippen LogP contribution >= 0.6 is 0 Å². The summed E-state index contributed by atoms with van der Waals surface area (Å²) in [6, 6.07) is 10.4. The molecule has 1 saturated carbocycles. The zero-order valence-corrected chi connectivity index (χ0v) is 18.4. The van der Waals surface area contributed by atoms with Gasteiger partial charge in [0.2, 0.25) is 5.91 Å². The van der Waals surface area contributed by atoms with Gasteiger partial charge in [-0.3, -0.25) is 9.79 Å². The van der Waals surface area contributed by atoms with Gasteiger partial charge in [-0.2, -0.15) is 0 Å². The molecule has 7 heteroatoms. The summed E-state index contributed by atoms with van der Waals surface area (Å²) in [5.74, 6) is 1.98. The van der Waals surface area contributed by atoms with E-state index in [2.05, 4.69) is 49.4 Å². The molecule has 2 N–H and O–H groups in total. The summed E-state index contributed by atoms with van der Waals surface area (Å²) in [6.45, 7) is 2.16. The monoisotopic (exact) mass is 410 g/mol. The van der Waals surface area contributed by atoms with Crippen molar-refractivity contribution in [2.75, 3.05) is 34.2 Å². The molecule has 0 atom stereocenters. The number of benzene rings is 1. The van der Waals surface area contributed by atoms with Crippen LogP contribution in [0.5, 0.6) is 0 Å². The quantitative estimate of drug-likeness (QED) is 0.517. The highest BCUT2D eigenvalue weighted by molar-refractivity contribution is 5.85. The van der Waals surface area contributed by atoms with Crippen molar-refractivity contribution in [3.05, 3.63) is 54.1 Å². The number of nitrogens with one attached hydrogen (secondary N) is 2. The number of amides is 1. The molecule has 1 amide bonds. The molecular weight excluding hydrogens is 376 g/mol. The van der Waals surface area contributed by atoms with Gasteiger partial charge >= 0.3 is 0 Å². The SMILES string of the molecule is CN=C(NCCc1nccn1Cc1ccccc1)NCC1(C(=O)N(C)C)CCCC1. The van der Waals surface area contributed by atoms with Crippen LogP contribution in [-0.2, 0) is 17.8 Å². The fourth-order valence-corrected chi connectivity index (χ4v) is 4.25. The minimum Gasteiger partial charge on any atom is -0.356 e. The lowest BCUT2D eigenvalue weighted by atomic mass is 9.84. The van der Waals surface area contributed by atoms with Crippen LogP contribution in [0.3, 0.4) is 0 Å². The predicted octanol–water partition coefficient (Wildman–Crippen LogP) is 2.29. The Kier molecular flexibility index (Phi) is 7.49. The molecule has 2 aromatic rings. The molecule has 0 aliphatic heterocycles. The van der Waals surface area contributed by atoms with E-state index in [1.54, 1.807) is 11.9 Å². The predicted molar refractivity (Wildman–Crippen MR) is 120 cm³/mol. The number of rotatable bonds is 8. The molecule has 0 unspecified atom stereocenters. The van der Waals surface area contributed by atoms with Crippen molar-refractivity contribution in [3.63, 3.8) is 0 Å². The third-order valence-corrected chi connectivity index (χ3v) is 5.88. The van der Waals surface area contributed by atoms with E-state index in [9.17, 15) is 4.79 Å². The second-order valence-corrected chi connectivity index (χ2v) is 8.25. The summed E-state index contributed by atoms with van der Waals surface area (Å²) in [7, 11) is 5.45. The van der Waals surface area contributed by atoms with Gasteiger partial charge in [-0.1, -0.05) is 43.2 Å². The molecule has 1 fully saturated rings. The van der Waals surface area contributed by atoms with Crippen molar-refractivity contribution >= 4 is 11.9 Å². The Balaban J connectivity index is 1.51. The van der Waals surface area contributed by atoms with Crippen LogP contribution in [0.15, 0.2) is 47.7 Å². The summed E-state index contributed by atoms with van der Waals surface area (Å²) in [4.78, 5) is 23.3. The van der Waals surface area contributed by atoms with E-state index in [-0.39, 0.29) is 11.3 Å². The van der Waals surface area contributed by atoms with Gasteiger partial charge in [0.1, 0.15) is 5.82 Å². The van der Waals surface area contributed by atoms with Crippen molar-refractivity contribution in [2.24, 2.45) is 10.4 Å². The van der Waals surface area contributed by atoms with Crippen LogP contribution in [0.4, 0.5) is 0 Å². The van der Waals surface area contributed by atoms with E-state index in [0.717, 1.165) is 57.0 Å². The number of carbonyl (C=O) groups is 1. The summed E-state index contributed by atoms with van der Waals surface area (Å²) >= 11 is 0. The van der Waals surface area contributed by atoms with Crippen molar-refractivity contribution in [3.8, 4) is 0 Å². The number of aromatic nitrogens is 2. The van der Waals surface area contributed by atoms with Crippen molar-refractivity contribution in [2.45, 2.75) is 38.6 Å². The lowest BCUT2D eigenvalue weighted by Gasteiger charge is -2.31. The van der Waals surface area contributed by atoms with Gasteiger partial charge in [-0.15, -0.1) is 0 Å². The number of hydrogen-bond donors (Lipinski definition) is 2. The molecule has 1 heterocycles. The van der Waals surface area contributed by atoms with Crippen molar-refractivity contribution in [1.82, 2.24) is 25.1 Å². The highest BCUT2D eigenvalue weighted by Gasteiger charge is 2.42. The van der Waals surface area contributed by atoms with Crippen molar-refractivity contribution < 1.29 is 4.79 Å². The van der Waals surface area contributed by atoms with Crippen LogP contribution in [0, 0.1) is 5.41 Å². The van der Waals surface area contributed by atoms with Gasteiger partial charge in [0.05, 0.1) is 5.41 Å². The first-order chi connectivity index (χ1) is 14.5. The number of imidazole rings is 1. The average molecular weight is 411 g/mol. The van der Waals surface area contributed by atoms with Crippen LogP contribution in [0.2, 0.25) is 0 Å². The van der Waals surface area contributed by atoms with E-state index in [1.807, 2.05) is 32.6 Å². The zero-order chi connectivity index (χ0) is 21.4. The zero-order valence-electron chi connectivity index (χ0n) is 18.4. The Hall–Kier alpha value is -2.83. The minimum atomic E-state index is -0.312. The maximum atomic E-state index is 12.7. The Labute approximate surface area is 179 Å². The van der Waals surface area contributed by atoms with E-state index in [4.69, 9.17) is 0 Å². The first-order valence-corrected chi connectivity index (χ1v) is 10.7. The first-order valence-electron chi connectivity index (χ1n) is 10.7. The minimum absolute atomic E-state index is 0.214. The Bertz CT molecular complexity index is 836. The van der Waals surface area contributed by atoms with E-state index >= 15 is 0 Å². The van der Waals surface area contributed by atoms with Gasteiger partial charge in [0, 0.05) is 59.6 Å². The molecule has 0 radical (unpaired) electrons. The highest BCUT2D eigenvalue weighted by atomic mass is 16.2. The number of aliphatic imine (C=N–C) groups is 1. The molecule has 7 nitrogen and oxygen atoms in total. The Morgan fingerprint density at radius 2 is 1.93 bits per heavy atom. The van der Waals surface area contributed by atoms with Gasteiger partial charge in [0.15, 0.2) is 5.96 Å². The Morgan fingerprint density at radius 3 is 2.60 bits per heavy atom. The second-order valence-electron chi connectivity index (χ2n) is 8.25. The van der Waals surface area contributed by atoms with Crippen LogP contribution in [-0.4, -0.2) is 60.6 Å². The van der Waals surface area contributed by atoms with Crippen molar-refractivity contribution in [1.29, 1.82) is 0 Å². The van der Waals surface area contributed by atoms with E-state index < -0.39 is 0 Å². The average Bonchev–Trinajstić information content (AvgIpc) is 3.41. The number of nitrogens with zero attached hydrogens (tertiary/aromatic N) is 4. The molecule has 0 spiro atoms. The van der Waals surface area contributed by atoms with Gasteiger partial charge < -0.3 is 20.1 Å². The smallest absolute Gasteiger partial charge is 0.230 e. The number of carbonyl (C=O) groups excluding carboxylic acids is 1. The molecule has 3 rings (SSSR count). The Morgan fingerprint density at radius 1 is 1.20 bits per heavy atom. The van der Waals surface area contributed by atoms with Crippen LogP contribution in [0.25, 0.3) is 0 Å². The first kappa shape index (κ1) is 21.9. The molecule has 0 saturated heterocycles. The molecule has 1 aliphatic carbocycles. The van der Waals surface area contributed by atoms with Crippen LogP contribution in [0.1, 0.15) is 37.1 Å². The van der Waals surface area contributed by atoms with Gasteiger partial charge in [0.25, 0.3) is 0 Å². The lowest BCUT2D eigenvalue weighted by Crippen LogP contribution is -2.49. The fraction of sp³-hybridized carbons (Fsp3) is 0.522. The molecule has 162 valence electrons. The largest absolute Gasteiger partial charge is 0.356 e. The van der Waals surface area contributed by atoms with E-state index in [0.29, 0.717) is 6.54 Å². The molecule has 30 heavy (non-hydrogen) atoms. The van der Waals surface area contributed by atoms with Crippen LogP contribution < -0.4 is 10.6 Å². The topological polar surface area (TPSA) is 74.5 Å². The standard InChI is InChI=1S/C23H34N6O/c1-24-22(27-18-23(12-7-8-13-23)21(30)28(2)3)26-14-11-20-25-15-16-29(20)17-19-9-5-4-6-10-19/h4-6,9-10,15-16H,7-8,11-14,17-18H2,1-3H3,(H2,24,26,27). The highest BCUT2D eigenvalue weighted by Crippen LogP contribution is 2.38. The normalized spacial score (nSPS) is 15.8. The molecule has 1 aromatic heterocycles. The molecule has 1 aromatic carbocycles. The third-order valence-electron chi connectivity index (χ3n) is 5.88. The summed E-state index contributed by atoms with van der Waals surface area (Å²) in [5.41, 5.74) is 0.946. The fourth-order valence-electron chi connectivity index (χ4n) is 4.25. The summed E-state index contributed by atoms with van der Waals surface area (Å²) in [6.07, 6.45) is 8.75. The number of guanidine groups is 1. The molecule has 0 bridgehead atoms. The maximum absolute atomic E-state index is 12.7. The summed E-state index contributed by atoms with van der Waals surface area (Å²) in [5, 5.41) is 6.76. The second kappa shape index (κ2) is 10.3. The summed E-state index contributed by atoms with van der Waals surface area (Å²) < 4.78 is 2.18. The van der Waals surface area contributed by atoms with Gasteiger partial charge in [-0.25, -0.2) is 4.98 Å². The molecule has 1 aliphatic rings. The molecular formula is C23H34N6O.